The highest BCUT2D eigenvalue weighted by atomic mass is 32.1. The van der Waals surface area contributed by atoms with Gasteiger partial charge in [0.2, 0.25) is 0 Å². The summed E-state index contributed by atoms with van der Waals surface area (Å²) in [6.45, 7) is -0.203. The molecule has 2 N–H and O–H groups in total. The SMILES string of the molecule is COC(=O)c1c(NC(=O)NCc2c(C(F)(F)F)sc3c2CCCC3)sc2c1CCCC2. The Morgan fingerprint density at radius 1 is 0.968 bits per heavy atom. The normalized spacial score (nSPS) is 15.7. The third-order valence-electron chi connectivity index (χ3n) is 5.75. The highest BCUT2D eigenvalue weighted by Gasteiger charge is 2.38. The van der Waals surface area contributed by atoms with Crippen molar-refractivity contribution in [1.82, 2.24) is 5.32 Å². The third-order valence-corrected chi connectivity index (χ3v) is 8.34. The molecule has 2 heterocycles. The Morgan fingerprint density at radius 2 is 1.58 bits per heavy atom. The lowest BCUT2D eigenvalue weighted by atomic mass is 9.94. The second-order valence-electron chi connectivity index (χ2n) is 7.73. The molecule has 0 fully saturated rings. The molecule has 0 radical (unpaired) electrons. The largest absolute Gasteiger partial charge is 0.465 e. The number of alkyl halides is 3. The summed E-state index contributed by atoms with van der Waals surface area (Å²) in [6.07, 6.45) is 2.11. The molecule has 0 aromatic carbocycles. The third kappa shape index (κ3) is 4.45. The van der Waals surface area contributed by atoms with Crippen molar-refractivity contribution < 1.29 is 27.5 Å². The van der Waals surface area contributed by atoms with Gasteiger partial charge in [0.1, 0.15) is 9.88 Å². The van der Waals surface area contributed by atoms with Gasteiger partial charge in [0.05, 0.1) is 12.7 Å². The summed E-state index contributed by atoms with van der Waals surface area (Å²) in [5, 5.41) is 5.63. The second kappa shape index (κ2) is 8.82. The van der Waals surface area contributed by atoms with Gasteiger partial charge >= 0.3 is 18.2 Å². The van der Waals surface area contributed by atoms with Crippen LogP contribution in [0.2, 0.25) is 0 Å². The van der Waals surface area contributed by atoms with E-state index >= 15 is 0 Å². The maximum Gasteiger partial charge on any atom is 0.425 e. The smallest absolute Gasteiger partial charge is 0.425 e. The molecule has 2 aliphatic carbocycles. The first-order chi connectivity index (χ1) is 14.8. The minimum Gasteiger partial charge on any atom is -0.465 e. The predicted molar refractivity (Wildman–Crippen MR) is 114 cm³/mol. The van der Waals surface area contributed by atoms with E-state index in [4.69, 9.17) is 4.74 Å². The van der Waals surface area contributed by atoms with Gasteiger partial charge in [-0.1, -0.05) is 0 Å². The zero-order valence-electron chi connectivity index (χ0n) is 17.0. The Morgan fingerprint density at radius 3 is 2.23 bits per heavy atom. The molecular formula is C21H23F3N2O3S2. The van der Waals surface area contributed by atoms with E-state index < -0.39 is 23.1 Å². The number of halogens is 3. The molecule has 0 saturated heterocycles. The fourth-order valence-electron chi connectivity index (χ4n) is 4.34. The van der Waals surface area contributed by atoms with Gasteiger partial charge in [0.25, 0.3) is 0 Å². The first-order valence-corrected chi connectivity index (χ1v) is 11.9. The van der Waals surface area contributed by atoms with Gasteiger partial charge in [0.15, 0.2) is 0 Å². The zero-order chi connectivity index (χ0) is 22.2. The molecule has 0 atom stereocenters. The monoisotopic (exact) mass is 472 g/mol. The maximum atomic E-state index is 13.6. The van der Waals surface area contributed by atoms with E-state index in [2.05, 4.69) is 10.6 Å². The molecule has 0 spiro atoms. The van der Waals surface area contributed by atoms with Gasteiger partial charge < -0.3 is 10.1 Å². The van der Waals surface area contributed by atoms with Crippen LogP contribution in [0.3, 0.4) is 0 Å². The molecule has 5 nitrogen and oxygen atoms in total. The topological polar surface area (TPSA) is 67.4 Å². The lowest BCUT2D eigenvalue weighted by Gasteiger charge is -2.15. The summed E-state index contributed by atoms with van der Waals surface area (Å²) in [5.41, 5.74) is 2.16. The van der Waals surface area contributed by atoms with Crippen molar-refractivity contribution in [3.8, 4) is 0 Å². The van der Waals surface area contributed by atoms with Crippen molar-refractivity contribution in [3.05, 3.63) is 36.9 Å². The van der Waals surface area contributed by atoms with Crippen LogP contribution in [0, 0.1) is 0 Å². The average Bonchev–Trinajstić information content (AvgIpc) is 3.29. The number of methoxy groups -OCH3 is 1. The Labute approximate surface area is 186 Å². The number of carbonyl (C=O) groups excluding carboxylic acids is 2. The van der Waals surface area contributed by atoms with Crippen molar-refractivity contribution in [1.29, 1.82) is 0 Å². The summed E-state index contributed by atoms with van der Waals surface area (Å²) in [4.78, 5) is 26.1. The molecule has 0 aliphatic heterocycles. The lowest BCUT2D eigenvalue weighted by molar-refractivity contribution is -0.135. The minimum atomic E-state index is -4.44. The van der Waals surface area contributed by atoms with Crippen molar-refractivity contribution in [2.24, 2.45) is 0 Å². The van der Waals surface area contributed by atoms with Gasteiger partial charge in [-0.05, 0) is 68.1 Å². The van der Waals surface area contributed by atoms with E-state index in [1.165, 1.54) is 18.4 Å². The maximum absolute atomic E-state index is 13.6. The number of rotatable bonds is 4. The van der Waals surface area contributed by atoms with Crippen LogP contribution in [0.15, 0.2) is 0 Å². The van der Waals surface area contributed by atoms with E-state index in [0.29, 0.717) is 23.4 Å². The highest BCUT2D eigenvalue weighted by Crippen LogP contribution is 2.43. The highest BCUT2D eigenvalue weighted by molar-refractivity contribution is 7.17. The number of anilines is 1. The molecule has 10 heteroatoms. The Kier molecular flexibility index (Phi) is 6.30. The average molecular weight is 473 g/mol. The molecule has 4 rings (SSSR count). The van der Waals surface area contributed by atoms with Crippen LogP contribution in [-0.2, 0) is 43.1 Å². The van der Waals surface area contributed by atoms with Crippen LogP contribution < -0.4 is 10.6 Å². The van der Waals surface area contributed by atoms with Crippen LogP contribution in [0.25, 0.3) is 0 Å². The number of amides is 2. The molecular weight excluding hydrogens is 449 g/mol. The van der Waals surface area contributed by atoms with Crippen molar-refractivity contribution >= 4 is 39.7 Å². The molecule has 0 bridgehead atoms. The Bertz CT molecular complexity index is 1010. The number of urea groups is 1. The van der Waals surface area contributed by atoms with Crippen LogP contribution in [-0.4, -0.2) is 19.1 Å². The predicted octanol–water partition coefficient (Wildman–Crippen LogP) is 5.69. The number of hydrogen-bond acceptors (Lipinski definition) is 5. The number of ether oxygens (including phenoxy) is 1. The molecule has 2 amide bonds. The number of hydrogen-bond donors (Lipinski definition) is 2. The number of aryl methyl sites for hydroxylation is 2. The molecule has 0 unspecified atom stereocenters. The van der Waals surface area contributed by atoms with Gasteiger partial charge in [-0.25, -0.2) is 9.59 Å². The van der Waals surface area contributed by atoms with E-state index in [0.717, 1.165) is 70.7 Å². The number of carbonyl (C=O) groups is 2. The van der Waals surface area contributed by atoms with Crippen molar-refractivity contribution in [3.63, 3.8) is 0 Å². The summed E-state index contributed by atoms with van der Waals surface area (Å²) < 4.78 is 45.5. The van der Waals surface area contributed by atoms with Gasteiger partial charge in [0, 0.05) is 16.3 Å². The molecule has 2 aliphatic rings. The Hall–Kier alpha value is -2.07. The fourth-order valence-corrected chi connectivity index (χ4v) is 6.88. The number of thiophene rings is 2. The number of fused-ring (bicyclic) bond motifs is 2. The molecule has 2 aromatic heterocycles. The van der Waals surface area contributed by atoms with Gasteiger partial charge in [-0.2, -0.15) is 13.2 Å². The number of esters is 1. The van der Waals surface area contributed by atoms with E-state index in [-0.39, 0.29) is 12.1 Å². The lowest BCUT2D eigenvalue weighted by Crippen LogP contribution is -2.29. The molecule has 168 valence electrons. The zero-order valence-corrected chi connectivity index (χ0v) is 18.7. The summed E-state index contributed by atoms with van der Waals surface area (Å²) >= 11 is 2.13. The molecule has 31 heavy (non-hydrogen) atoms. The van der Waals surface area contributed by atoms with Crippen LogP contribution in [0.1, 0.15) is 67.4 Å². The molecule has 0 saturated carbocycles. The van der Waals surface area contributed by atoms with Crippen LogP contribution in [0.4, 0.5) is 23.0 Å². The number of nitrogens with one attached hydrogen (secondary N) is 2. The summed E-state index contributed by atoms with van der Waals surface area (Å²) in [6, 6.07) is -0.632. The van der Waals surface area contributed by atoms with Crippen molar-refractivity contribution in [2.45, 2.75) is 64.1 Å². The minimum absolute atomic E-state index is 0.168. The van der Waals surface area contributed by atoms with E-state index in [9.17, 15) is 22.8 Å². The molecule has 2 aromatic rings. The standard InChI is InChI=1S/C21H23F3N2O3S2/c1-29-19(27)16-12-7-3-5-9-15(12)31-18(16)26-20(28)25-10-13-11-6-2-4-8-14(11)30-17(13)21(22,23)24/h2-10H2,1H3,(H2,25,26,28). The quantitative estimate of drug-likeness (QED) is 0.562. The first-order valence-electron chi connectivity index (χ1n) is 10.3. The van der Waals surface area contributed by atoms with E-state index in [1.54, 1.807) is 0 Å². The van der Waals surface area contributed by atoms with Crippen LogP contribution >= 0.6 is 22.7 Å². The second-order valence-corrected chi connectivity index (χ2v) is 9.94. The first kappa shape index (κ1) is 22.1. The Balaban J connectivity index is 1.53. The van der Waals surface area contributed by atoms with Crippen LogP contribution in [0.5, 0.6) is 0 Å². The summed E-state index contributed by atoms with van der Waals surface area (Å²) in [7, 11) is 1.29. The van der Waals surface area contributed by atoms with E-state index in [1.807, 2.05) is 0 Å². The van der Waals surface area contributed by atoms with Crippen molar-refractivity contribution in [2.75, 3.05) is 12.4 Å². The summed E-state index contributed by atoms with van der Waals surface area (Å²) in [5.74, 6) is -0.513. The fraction of sp³-hybridized carbons (Fsp3) is 0.524. The van der Waals surface area contributed by atoms with Gasteiger partial charge in [-0.15, -0.1) is 22.7 Å². The van der Waals surface area contributed by atoms with Gasteiger partial charge in [-0.3, -0.25) is 5.32 Å².